The molecule has 0 aliphatic carbocycles. The summed E-state index contributed by atoms with van der Waals surface area (Å²) in [7, 11) is -3.49. The Morgan fingerprint density at radius 2 is 1.83 bits per heavy atom. The van der Waals surface area contributed by atoms with E-state index in [4.69, 9.17) is 4.74 Å². The van der Waals surface area contributed by atoms with E-state index in [1.807, 2.05) is 26.0 Å². The molecule has 1 aromatic carbocycles. The van der Waals surface area contributed by atoms with E-state index in [1.165, 1.54) is 18.5 Å². The van der Waals surface area contributed by atoms with Crippen LogP contribution in [0.3, 0.4) is 0 Å². The maximum absolute atomic E-state index is 14.7. The van der Waals surface area contributed by atoms with E-state index in [0.29, 0.717) is 36.3 Å². The predicted molar refractivity (Wildman–Crippen MR) is 136 cm³/mol. The van der Waals surface area contributed by atoms with Gasteiger partial charge in [-0.15, -0.1) is 0 Å². The second-order valence-electron chi connectivity index (χ2n) is 9.82. The van der Waals surface area contributed by atoms with Gasteiger partial charge in [-0.25, -0.2) is 27.8 Å². The molecular weight excluding hydrogens is 481 g/mol. The van der Waals surface area contributed by atoms with Gasteiger partial charge in [0.15, 0.2) is 9.84 Å². The van der Waals surface area contributed by atoms with Gasteiger partial charge in [0, 0.05) is 36.2 Å². The van der Waals surface area contributed by atoms with Crippen LogP contribution in [-0.2, 0) is 9.84 Å². The van der Waals surface area contributed by atoms with Gasteiger partial charge in [-0.2, -0.15) is 0 Å². The van der Waals surface area contributed by atoms with Crippen molar-refractivity contribution in [2.45, 2.75) is 56.5 Å². The monoisotopic (exact) mass is 511 g/mol. The van der Waals surface area contributed by atoms with E-state index >= 15 is 0 Å². The molecule has 190 valence electrons. The van der Waals surface area contributed by atoms with Gasteiger partial charge in [-0.05, 0) is 75.3 Å². The summed E-state index contributed by atoms with van der Waals surface area (Å²) in [5.74, 6) is 1.82. The van der Waals surface area contributed by atoms with Gasteiger partial charge in [-0.3, -0.25) is 0 Å². The molecule has 0 radical (unpaired) electrons. The molecule has 3 aromatic rings. The van der Waals surface area contributed by atoms with E-state index in [0.717, 1.165) is 55.0 Å². The molecule has 2 unspecified atom stereocenters. The summed E-state index contributed by atoms with van der Waals surface area (Å²) in [6, 6.07) is 8.46. The quantitative estimate of drug-likeness (QED) is 0.492. The molecule has 0 amide bonds. The van der Waals surface area contributed by atoms with Crippen LogP contribution in [-0.4, -0.2) is 48.3 Å². The SMILES string of the molecule is Cc1ccnc(OCC2CC3CCC(C2)N3c2ncnc(Nc3ccc(S(C)(=O)=O)cc3F)c2C)c1. The number of nitrogens with one attached hydrogen (secondary N) is 1. The first-order valence-corrected chi connectivity index (χ1v) is 14.0. The first-order valence-electron chi connectivity index (χ1n) is 12.1. The van der Waals surface area contributed by atoms with Gasteiger partial charge in [-0.1, -0.05) is 0 Å². The fourth-order valence-corrected chi connectivity index (χ4v) is 5.98. The largest absolute Gasteiger partial charge is 0.477 e. The zero-order chi connectivity index (χ0) is 25.4. The summed E-state index contributed by atoms with van der Waals surface area (Å²) < 4.78 is 44.1. The Hall–Kier alpha value is -3.27. The Bertz CT molecular complexity index is 1370. The van der Waals surface area contributed by atoms with Gasteiger partial charge < -0.3 is 15.0 Å². The molecular formula is C26H30FN5O3S. The zero-order valence-electron chi connectivity index (χ0n) is 20.6. The minimum atomic E-state index is -3.49. The minimum absolute atomic E-state index is 0.0627. The maximum atomic E-state index is 14.7. The Kier molecular flexibility index (Phi) is 6.55. The van der Waals surface area contributed by atoms with Crippen molar-refractivity contribution in [3.05, 3.63) is 59.8 Å². The highest BCUT2D eigenvalue weighted by Gasteiger charge is 2.42. The van der Waals surface area contributed by atoms with Gasteiger partial charge in [0.1, 0.15) is 23.8 Å². The number of nitrogens with zero attached hydrogens (tertiary/aromatic N) is 4. The van der Waals surface area contributed by atoms with Crippen molar-refractivity contribution >= 4 is 27.2 Å². The van der Waals surface area contributed by atoms with Gasteiger partial charge in [0.05, 0.1) is 17.2 Å². The van der Waals surface area contributed by atoms with E-state index < -0.39 is 15.7 Å². The van der Waals surface area contributed by atoms with Crippen LogP contribution in [0.15, 0.2) is 47.8 Å². The number of anilines is 3. The predicted octanol–water partition coefficient (Wildman–Crippen LogP) is 4.60. The number of ether oxygens (including phenoxy) is 1. The zero-order valence-corrected chi connectivity index (χ0v) is 21.4. The standard InChI is InChI=1S/C26H30FN5O3S/c1-16-8-9-28-24(10-16)35-14-18-11-19-4-5-20(12-18)32(19)26-17(2)25(29-15-30-26)31-23-7-6-21(13-22(23)27)36(3,33)34/h6-10,13,15,18-20H,4-5,11-12,14H2,1-3H3,(H,29,30,31). The number of fused-ring (bicyclic) bond motifs is 2. The smallest absolute Gasteiger partial charge is 0.213 e. The van der Waals surface area contributed by atoms with Gasteiger partial charge >= 0.3 is 0 Å². The summed E-state index contributed by atoms with van der Waals surface area (Å²) in [5, 5.41) is 3.03. The average molecular weight is 512 g/mol. The lowest BCUT2D eigenvalue weighted by Crippen LogP contribution is -2.45. The van der Waals surface area contributed by atoms with Crippen LogP contribution in [0.5, 0.6) is 5.88 Å². The van der Waals surface area contributed by atoms with Crippen molar-refractivity contribution < 1.29 is 17.5 Å². The van der Waals surface area contributed by atoms with Crippen molar-refractivity contribution in [1.29, 1.82) is 0 Å². The molecule has 2 aliphatic heterocycles. The van der Waals surface area contributed by atoms with Crippen LogP contribution in [0.1, 0.15) is 36.8 Å². The molecule has 1 N–H and O–H groups in total. The molecule has 10 heteroatoms. The molecule has 36 heavy (non-hydrogen) atoms. The molecule has 2 aliphatic rings. The number of aryl methyl sites for hydroxylation is 1. The summed E-state index contributed by atoms with van der Waals surface area (Å²) in [6.07, 6.45) is 8.53. The molecule has 2 saturated heterocycles. The first kappa shape index (κ1) is 24.4. The second-order valence-corrected chi connectivity index (χ2v) is 11.8. The van der Waals surface area contributed by atoms with Gasteiger partial charge in [0.2, 0.25) is 5.88 Å². The summed E-state index contributed by atoms with van der Waals surface area (Å²) in [5.41, 5.74) is 2.13. The molecule has 5 rings (SSSR count). The molecule has 8 nitrogen and oxygen atoms in total. The van der Waals surface area contributed by atoms with Crippen LogP contribution in [0.25, 0.3) is 0 Å². The number of benzene rings is 1. The fourth-order valence-electron chi connectivity index (χ4n) is 5.34. The topological polar surface area (TPSA) is 97.3 Å². The third-order valence-corrected chi connectivity index (χ3v) is 8.22. The molecule has 0 saturated carbocycles. The first-order chi connectivity index (χ1) is 17.2. The summed E-state index contributed by atoms with van der Waals surface area (Å²) in [6.45, 7) is 4.60. The number of aromatic nitrogens is 3. The number of halogens is 1. The second kappa shape index (κ2) is 9.65. The number of rotatable bonds is 7. The lowest BCUT2D eigenvalue weighted by molar-refractivity contribution is 0.198. The van der Waals surface area contributed by atoms with E-state index in [1.54, 1.807) is 6.20 Å². The molecule has 0 spiro atoms. The third kappa shape index (κ3) is 5.00. The highest BCUT2D eigenvalue weighted by atomic mass is 32.2. The van der Waals surface area contributed by atoms with E-state index in [2.05, 4.69) is 25.2 Å². The van der Waals surface area contributed by atoms with Crippen molar-refractivity contribution in [3.63, 3.8) is 0 Å². The third-order valence-electron chi connectivity index (χ3n) is 7.11. The molecule has 2 aromatic heterocycles. The Labute approximate surface area is 210 Å². The number of piperidine rings is 1. The molecule has 4 heterocycles. The maximum Gasteiger partial charge on any atom is 0.213 e. The van der Waals surface area contributed by atoms with Gasteiger partial charge in [0.25, 0.3) is 0 Å². The van der Waals surface area contributed by atoms with E-state index in [9.17, 15) is 12.8 Å². The number of hydrogen-bond donors (Lipinski definition) is 1. The van der Waals surface area contributed by atoms with Crippen molar-refractivity contribution in [2.75, 3.05) is 23.1 Å². The average Bonchev–Trinajstić information content (AvgIpc) is 3.08. The van der Waals surface area contributed by atoms with Crippen molar-refractivity contribution in [2.24, 2.45) is 5.92 Å². The normalized spacial score (nSPS) is 21.4. The lowest BCUT2D eigenvalue weighted by Gasteiger charge is -2.40. The van der Waals surface area contributed by atoms with Crippen molar-refractivity contribution in [1.82, 2.24) is 15.0 Å². The summed E-state index contributed by atoms with van der Waals surface area (Å²) in [4.78, 5) is 15.6. The Balaban J connectivity index is 1.30. The highest BCUT2D eigenvalue weighted by Crippen LogP contribution is 2.43. The number of hydrogen-bond acceptors (Lipinski definition) is 8. The molecule has 2 atom stereocenters. The number of sulfone groups is 1. The summed E-state index contributed by atoms with van der Waals surface area (Å²) >= 11 is 0. The molecule has 2 fully saturated rings. The Morgan fingerprint density at radius 3 is 2.50 bits per heavy atom. The van der Waals surface area contributed by atoms with Crippen LogP contribution in [0.2, 0.25) is 0 Å². The molecule has 2 bridgehead atoms. The minimum Gasteiger partial charge on any atom is -0.477 e. The van der Waals surface area contributed by atoms with Crippen LogP contribution >= 0.6 is 0 Å². The van der Waals surface area contributed by atoms with Crippen LogP contribution in [0.4, 0.5) is 21.7 Å². The highest BCUT2D eigenvalue weighted by molar-refractivity contribution is 7.90. The number of pyridine rings is 1. The van der Waals surface area contributed by atoms with Crippen molar-refractivity contribution in [3.8, 4) is 5.88 Å². The van der Waals surface area contributed by atoms with Crippen LogP contribution in [0, 0.1) is 25.6 Å². The van der Waals surface area contributed by atoms with E-state index in [-0.39, 0.29) is 10.6 Å². The van der Waals surface area contributed by atoms with Crippen LogP contribution < -0.4 is 15.0 Å². The fraction of sp³-hybridized carbons (Fsp3) is 0.423. The Morgan fingerprint density at radius 1 is 1.08 bits per heavy atom. The lowest BCUT2D eigenvalue weighted by atomic mass is 9.91.